The largest absolute Gasteiger partial charge is 0.393 e. The van der Waals surface area contributed by atoms with E-state index in [0.717, 1.165) is 18.8 Å². The molecule has 1 saturated carbocycles. The molecule has 1 saturated heterocycles. The molecule has 3 atom stereocenters. The van der Waals surface area contributed by atoms with Crippen LogP contribution in [-0.2, 0) is 0 Å². The van der Waals surface area contributed by atoms with Crippen LogP contribution in [0.15, 0.2) is 0 Å². The fourth-order valence-electron chi connectivity index (χ4n) is 2.12. The van der Waals surface area contributed by atoms with Gasteiger partial charge >= 0.3 is 0 Å². The Bertz CT molecular complexity index is 103. The van der Waals surface area contributed by atoms with Gasteiger partial charge in [-0.15, -0.1) is 0 Å². The normalized spacial score (nSPS) is 49.7. The number of fused-ring (bicyclic) bond motifs is 1. The Balaban J connectivity index is 2.02. The van der Waals surface area contributed by atoms with Crippen molar-refractivity contribution in [2.45, 2.75) is 31.4 Å². The molecule has 0 bridgehead atoms. The van der Waals surface area contributed by atoms with Crippen molar-refractivity contribution in [2.75, 3.05) is 6.54 Å². The molecule has 2 rings (SSSR count). The molecule has 2 heteroatoms. The second kappa shape index (κ2) is 1.96. The molecule has 2 nitrogen and oxygen atoms in total. The van der Waals surface area contributed by atoms with Crippen molar-refractivity contribution in [1.82, 2.24) is 5.32 Å². The summed E-state index contributed by atoms with van der Waals surface area (Å²) in [5.41, 5.74) is 0. The average Bonchev–Trinajstić information content (AvgIpc) is 2.22. The fourth-order valence-corrected chi connectivity index (χ4v) is 2.12. The molecule has 0 aromatic carbocycles. The molecule has 2 N–H and O–H groups in total. The molecular weight excluding hydrogens is 114 g/mol. The number of hydrogen-bond donors (Lipinski definition) is 2. The fraction of sp³-hybridized carbons (Fsp3) is 1.00. The molecule has 0 amide bonds. The predicted octanol–water partition coefficient (Wildman–Crippen LogP) is 0.119. The minimum atomic E-state index is -0.00667. The Morgan fingerprint density at radius 1 is 1.33 bits per heavy atom. The van der Waals surface area contributed by atoms with Gasteiger partial charge in [-0.2, -0.15) is 0 Å². The quantitative estimate of drug-likeness (QED) is 0.484. The van der Waals surface area contributed by atoms with Crippen molar-refractivity contribution in [3.05, 3.63) is 0 Å². The monoisotopic (exact) mass is 127 g/mol. The van der Waals surface area contributed by atoms with Gasteiger partial charge in [0.15, 0.2) is 0 Å². The highest BCUT2D eigenvalue weighted by Crippen LogP contribution is 2.31. The minimum Gasteiger partial charge on any atom is -0.393 e. The minimum absolute atomic E-state index is 0.00667. The maximum absolute atomic E-state index is 9.20. The lowest BCUT2D eigenvalue weighted by molar-refractivity contribution is 0.173. The van der Waals surface area contributed by atoms with Gasteiger partial charge in [-0.1, -0.05) is 0 Å². The van der Waals surface area contributed by atoms with Gasteiger partial charge in [0, 0.05) is 6.04 Å². The van der Waals surface area contributed by atoms with Gasteiger partial charge < -0.3 is 10.4 Å². The van der Waals surface area contributed by atoms with E-state index in [2.05, 4.69) is 5.32 Å². The van der Waals surface area contributed by atoms with Gasteiger partial charge in [-0.3, -0.25) is 0 Å². The molecule has 1 aliphatic carbocycles. The highest BCUT2D eigenvalue weighted by molar-refractivity contribution is 4.92. The third kappa shape index (κ3) is 0.864. The molecule has 0 aromatic heterocycles. The van der Waals surface area contributed by atoms with Crippen molar-refractivity contribution in [3.63, 3.8) is 0 Å². The molecule has 1 aliphatic heterocycles. The standard InChI is InChI=1S/C7H13NO/c9-6-3-5-1-2-8-7(5)4-6/h5-9H,1-4H2. The predicted molar refractivity (Wildman–Crippen MR) is 35.1 cm³/mol. The van der Waals surface area contributed by atoms with Crippen molar-refractivity contribution in [1.29, 1.82) is 0 Å². The van der Waals surface area contributed by atoms with Crippen LogP contribution in [-0.4, -0.2) is 23.8 Å². The molecular formula is C7H13NO. The van der Waals surface area contributed by atoms with Crippen LogP contribution in [0.5, 0.6) is 0 Å². The third-order valence-electron chi connectivity index (χ3n) is 2.59. The first-order chi connectivity index (χ1) is 4.36. The highest BCUT2D eigenvalue weighted by atomic mass is 16.3. The molecule has 2 aliphatic rings. The summed E-state index contributed by atoms with van der Waals surface area (Å²) >= 11 is 0. The maximum Gasteiger partial charge on any atom is 0.0558 e. The molecule has 0 radical (unpaired) electrons. The number of aliphatic hydroxyl groups excluding tert-OH is 1. The van der Waals surface area contributed by atoms with E-state index < -0.39 is 0 Å². The zero-order valence-corrected chi connectivity index (χ0v) is 5.51. The summed E-state index contributed by atoms with van der Waals surface area (Å²) in [6, 6.07) is 0.653. The SMILES string of the molecule is OC1CC2CCNC2C1. The Kier molecular flexibility index (Phi) is 1.24. The van der Waals surface area contributed by atoms with Crippen LogP contribution in [0.25, 0.3) is 0 Å². The number of nitrogens with one attached hydrogen (secondary N) is 1. The van der Waals surface area contributed by atoms with E-state index in [0.29, 0.717) is 6.04 Å². The van der Waals surface area contributed by atoms with E-state index in [-0.39, 0.29) is 6.10 Å². The number of rotatable bonds is 0. The second-order valence-electron chi connectivity index (χ2n) is 3.23. The van der Waals surface area contributed by atoms with Crippen LogP contribution >= 0.6 is 0 Å². The Morgan fingerprint density at radius 2 is 2.22 bits per heavy atom. The Morgan fingerprint density at radius 3 is 3.00 bits per heavy atom. The first-order valence-corrected chi connectivity index (χ1v) is 3.78. The van der Waals surface area contributed by atoms with Crippen LogP contribution in [0.3, 0.4) is 0 Å². The average molecular weight is 127 g/mol. The summed E-state index contributed by atoms with van der Waals surface area (Å²) in [5, 5.41) is 12.6. The summed E-state index contributed by atoms with van der Waals surface area (Å²) in [6.07, 6.45) is 3.30. The Labute approximate surface area is 55.3 Å². The van der Waals surface area contributed by atoms with Crippen molar-refractivity contribution in [3.8, 4) is 0 Å². The molecule has 3 unspecified atom stereocenters. The summed E-state index contributed by atoms with van der Waals surface area (Å²) in [7, 11) is 0. The van der Waals surface area contributed by atoms with E-state index in [4.69, 9.17) is 0 Å². The van der Waals surface area contributed by atoms with Crippen LogP contribution in [0.4, 0.5) is 0 Å². The van der Waals surface area contributed by atoms with E-state index in [1.165, 1.54) is 13.0 Å². The van der Waals surface area contributed by atoms with Gasteiger partial charge in [0.1, 0.15) is 0 Å². The first kappa shape index (κ1) is 5.69. The van der Waals surface area contributed by atoms with Crippen LogP contribution in [0.1, 0.15) is 19.3 Å². The summed E-state index contributed by atoms with van der Waals surface area (Å²) < 4.78 is 0. The van der Waals surface area contributed by atoms with Crippen LogP contribution in [0.2, 0.25) is 0 Å². The van der Waals surface area contributed by atoms with Gasteiger partial charge in [-0.05, 0) is 31.7 Å². The second-order valence-corrected chi connectivity index (χ2v) is 3.23. The molecule has 9 heavy (non-hydrogen) atoms. The van der Waals surface area contributed by atoms with Crippen LogP contribution < -0.4 is 5.32 Å². The Hall–Kier alpha value is -0.0800. The lowest BCUT2D eigenvalue weighted by Crippen LogP contribution is -2.22. The summed E-state index contributed by atoms with van der Waals surface area (Å²) in [4.78, 5) is 0. The van der Waals surface area contributed by atoms with Crippen molar-refractivity contribution >= 4 is 0 Å². The zero-order chi connectivity index (χ0) is 6.27. The summed E-state index contributed by atoms with van der Waals surface area (Å²) in [5.74, 6) is 0.792. The third-order valence-corrected chi connectivity index (χ3v) is 2.59. The van der Waals surface area contributed by atoms with Crippen LogP contribution in [0, 0.1) is 5.92 Å². The van der Waals surface area contributed by atoms with E-state index in [1.807, 2.05) is 0 Å². The zero-order valence-electron chi connectivity index (χ0n) is 5.51. The van der Waals surface area contributed by atoms with Gasteiger partial charge in [0.25, 0.3) is 0 Å². The molecule has 52 valence electrons. The van der Waals surface area contributed by atoms with E-state index in [9.17, 15) is 5.11 Å². The molecule has 0 aromatic rings. The van der Waals surface area contributed by atoms with Crippen molar-refractivity contribution < 1.29 is 5.11 Å². The van der Waals surface area contributed by atoms with Gasteiger partial charge in [-0.25, -0.2) is 0 Å². The first-order valence-electron chi connectivity index (χ1n) is 3.78. The van der Waals surface area contributed by atoms with E-state index >= 15 is 0 Å². The smallest absolute Gasteiger partial charge is 0.0558 e. The summed E-state index contributed by atoms with van der Waals surface area (Å²) in [6.45, 7) is 1.17. The van der Waals surface area contributed by atoms with Crippen molar-refractivity contribution in [2.24, 2.45) is 5.92 Å². The number of aliphatic hydroxyl groups is 1. The molecule has 1 heterocycles. The molecule has 0 spiro atoms. The van der Waals surface area contributed by atoms with Gasteiger partial charge in [0.05, 0.1) is 6.10 Å². The highest BCUT2D eigenvalue weighted by Gasteiger charge is 2.35. The topological polar surface area (TPSA) is 32.3 Å². The van der Waals surface area contributed by atoms with Gasteiger partial charge in [0.2, 0.25) is 0 Å². The lowest BCUT2D eigenvalue weighted by atomic mass is 10.1. The maximum atomic E-state index is 9.20. The lowest BCUT2D eigenvalue weighted by Gasteiger charge is -2.05. The number of hydrogen-bond acceptors (Lipinski definition) is 2. The molecule has 2 fully saturated rings. The van der Waals surface area contributed by atoms with E-state index in [1.54, 1.807) is 0 Å².